The van der Waals surface area contributed by atoms with E-state index in [1.54, 1.807) is 0 Å². The topological polar surface area (TPSA) is 79.3 Å². The van der Waals surface area contributed by atoms with Crippen LogP contribution in [0.1, 0.15) is 5.56 Å². The van der Waals surface area contributed by atoms with Crippen LogP contribution in [0.5, 0.6) is 0 Å². The number of halogens is 5. The van der Waals surface area contributed by atoms with E-state index in [0.29, 0.717) is 6.07 Å². The molecule has 0 saturated carbocycles. The summed E-state index contributed by atoms with van der Waals surface area (Å²) in [5.41, 5.74) is -0.994. The number of thiazole rings is 1. The summed E-state index contributed by atoms with van der Waals surface area (Å²) in [6, 6.07) is 6.25. The molecule has 0 spiro atoms. The van der Waals surface area contributed by atoms with Gasteiger partial charge >= 0.3 is 65.3 Å². The first kappa shape index (κ1) is 28.7. The van der Waals surface area contributed by atoms with Crippen LogP contribution in [-0.4, -0.2) is 11.3 Å². The van der Waals surface area contributed by atoms with Crippen molar-refractivity contribution in [3.8, 4) is 11.3 Å². The third-order valence-electron chi connectivity index (χ3n) is 3.75. The third kappa shape index (κ3) is 7.60. The van der Waals surface area contributed by atoms with Crippen molar-refractivity contribution in [2.45, 2.75) is 6.18 Å². The number of benzene rings is 2. The fraction of sp³-hybridized carbons (Fsp3) is 0.118. The van der Waals surface area contributed by atoms with Gasteiger partial charge in [-0.3, -0.25) is 0 Å². The van der Waals surface area contributed by atoms with E-state index in [0.717, 1.165) is 52.6 Å². The van der Waals surface area contributed by atoms with Gasteiger partial charge in [-0.2, -0.15) is 13.2 Å². The number of alkyl halides is 3. The van der Waals surface area contributed by atoms with Gasteiger partial charge in [-0.1, -0.05) is 0 Å². The van der Waals surface area contributed by atoms with E-state index in [1.165, 1.54) is 5.38 Å². The number of anilines is 2. The molecule has 0 bridgehead atoms. The molecule has 14 heteroatoms. The molecule has 0 radical (unpaired) electrons. The van der Waals surface area contributed by atoms with Gasteiger partial charge < -0.3 is 19.3 Å². The zero-order valence-electron chi connectivity index (χ0n) is 16.2. The Balaban J connectivity index is 0.00000240. The van der Waals surface area contributed by atoms with Crippen LogP contribution in [-0.2, 0) is 10.7 Å². The largest absolute Gasteiger partial charge is 1.00 e. The van der Waals surface area contributed by atoms with Gasteiger partial charge in [0.15, 0.2) is 5.13 Å². The van der Waals surface area contributed by atoms with Gasteiger partial charge in [-0.05, 0) is 44.0 Å². The van der Waals surface area contributed by atoms with E-state index in [9.17, 15) is 36.3 Å². The molecule has 3 rings (SSSR count). The minimum Gasteiger partial charge on any atom is -0.809 e. The molecule has 1 heterocycles. The molecular formula is C17H10F5N2Na2O3PS. The molecule has 0 saturated heterocycles. The minimum atomic E-state index is -5.13. The van der Waals surface area contributed by atoms with Gasteiger partial charge in [0, 0.05) is 22.7 Å². The fourth-order valence-corrected chi connectivity index (χ4v) is 4.05. The van der Waals surface area contributed by atoms with Crippen LogP contribution < -0.4 is 73.8 Å². The first-order valence-corrected chi connectivity index (χ1v) is 10.4. The Hall–Kier alpha value is -0.330. The normalized spacial score (nSPS) is 11.5. The summed E-state index contributed by atoms with van der Waals surface area (Å²) in [6.45, 7) is 0. The molecule has 0 unspecified atom stereocenters. The van der Waals surface area contributed by atoms with Crippen LogP contribution in [0.25, 0.3) is 11.3 Å². The second kappa shape index (κ2) is 11.2. The second-order valence-corrected chi connectivity index (χ2v) is 8.21. The molecule has 0 aliphatic heterocycles. The molecule has 31 heavy (non-hydrogen) atoms. The zero-order valence-corrected chi connectivity index (χ0v) is 21.9. The van der Waals surface area contributed by atoms with E-state index >= 15 is 0 Å². The Labute approximate surface area is 222 Å². The van der Waals surface area contributed by atoms with Crippen LogP contribution in [0.15, 0.2) is 47.8 Å². The van der Waals surface area contributed by atoms with Crippen LogP contribution in [0, 0.1) is 11.6 Å². The standard InChI is InChI=1S/C17H12F5N2O3PS.2Na/c18-11-3-6-13(14(19)7-11)15-8-29-16(23-15)24(9-28(25,26)27)12-4-1-10(2-5-12)17(20,21)22;;/h1-8H,9H2,(H2,25,26,27);;/q;2*+1/p-2. The molecule has 0 amide bonds. The Kier molecular flexibility index (Phi) is 10.4. The Morgan fingerprint density at radius 3 is 2.16 bits per heavy atom. The van der Waals surface area contributed by atoms with E-state index in [2.05, 4.69) is 4.98 Å². The number of aromatic nitrogens is 1. The Bertz CT molecular complexity index is 1080. The van der Waals surface area contributed by atoms with Crippen LogP contribution in [0.3, 0.4) is 0 Å². The van der Waals surface area contributed by atoms with Crippen molar-refractivity contribution in [3.63, 3.8) is 0 Å². The van der Waals surface area contributed by atoms with Gasteiger partial charge in [-0.15, -0.1) is 11.3 Å². The maximum Gasteiger partial charge on any atom is 1.00 e. The summed E-state index contributed by atoms with van der Waals surface area (Å²) < 4.78 is 76.6. The predicted octanol–water partition coefficient (Wildman–Crippen LogP) is -1.88. The minimum absolute atomic E-state index is 0. The predicted molar refractivity (Wildman–Crippen MR) is 93.5 cm³/mol. The second-order valence-electron chi connectivity index (χ2n) is 5.86. The van der Waals surface area contributed by atoms with Crippen LogP contribution in [0.4, 0.5) is 32.8 Å². The van der Waals surface area contributed by atoms with E-state index in [-0.39, 0.29) is 81.2 Å². The maximum atomic E-state index is 14.0. The van der Waals surface area contributed by atoms with Crippen molar-refractivity contribution in [1.82, 2.24) is 4.98 Å². The van der Waals surface area contributed by atoms with Crippen molar-refractivity contribution in [1.29, 1.82) is 0 Å². The fourth-order valence-electron chi connectivity index (χ4n) is 2.47. The summed E-state index contributed by atoms with van der Waals surface area (Å²) >= 11 is 0.844. The number of hydrogen-bond donors (Lipinski definition) is 0. The molecule has 3 aromatic rings. The van der Waals surface area contributed by atoms with Crippen molar-refractivity contribution in [2.75, 3.05) is 11.2 Å². The maximum absolute atomic E-state index is 14.0. The molecule has 1 aromatic heterocycles. The number of rotatable bonds is 5. The van der Waals surface area contributed by atoms with Gasteiger partial charge in [0.25, 0.3) is 0 Å². The molecule has 0 atom stereocenters. The smallest absolute Gasteiger partial charge is 0.809 e. The average Bonchev–Trinajstić information content (AvgIpc) is 3.08. The van der Waals surface area contributed by atoms with Gasteiger partial charge in [0.05, 0.1) is 17.5 Å². The van der Waals surface area contributed by atoms with Crippen molar-refractivity contribution >= 4 is 29.8 Å². The summed E-state index contributed by atoms with van der Waals surface area (Å²) in [7, 11) is -5.13. The Morgan fingerprint density at radius 2 is 1.65 bits per heavy atom. The van der Waals surface area contributed by atoms with E-state index in [1.807, 2.05) is 0 Å². The number of nitrogens with zero attached hydrogens (tertiary/aromatic N) is 2. The summed E-state index contributed by atoms with van der Waals surface area (Å²) in [6.07, 6.45) is -5.67. The molecule has 5 nitrogen and oxygen atoms in total. The quantitative estimate of drug-likeness (QED) is 0.236. The summed E-state index contributed by atoms with van der Waals surface area (Å²) in [5.74, 6) is -1.70. The van der Waals surface area contributed by atoms with E-state index < -0.39 is 37.3 Å². The molecule has 2 aromatic carbocycles. The average molecular weight is 494 g/mol. The zero-order chi connectivity index (χ0) is 21.4. The van der Waals surface area contributed by atoms with Gasteiger partial charge in [0.1, 0.15) is 11.6 Å². The molecule has 0 fully saturated rings. The monoisotopic (exact) mass is 494 g/mol. The Morgan fingerprint density at radius 1 is 1.03 bits per heavy atom. The molecule has 154 valence electrons. The van der Waals surface area contributed by atoms with Crippen molar-refractivity contribution < 1.29 is 95.4 Å². The van der Waals surface area contributed by atoms with Crippen LogP contribution in [0.2, 0.25) is 0 Å². The van der Waals surface area contributed by atoms with Gasteiger partial charge in [0.2, 0.25) is 0 Å². The first-order chi connectivity index (χ1) is 13.4. The molecule has 0 aliphatic rings. The SMILES string of the molecule is O=P([O-])([O-])CN(c1ccc(C(F)(F)F)cc1)c1nc(-c2ccc(F)cc2F)cs1.[Na+].[Na+]. The first-order valence-electron chi connectivity index (χ1n) is 7.81. The van der Waals surface area contributed by atoms with Crippen LogP contribution >= 0.6 is 18.9 Å². The summed E-state index contributed by atoms with van der Waals surface area (Å²) in [5, 5.41) is 1.29. The third-order valence-corrected chi connectivity index (χ3v) is 5.24. The van der Waals surface area contributed by atoms with Crippen molar-refractivity contribution in [3.05, 3.63) is 65.0 Å². The van der Waals surface area contributed by atoms with Gasteiger partial charge in [-0.25, -0.2) is 13.8 Å². The molecule has 0 N–H and O–H groups in total. The molecular weight excluding hydrogens is 484 g/mol. The number of hydrogen-bond acceptors (Lipinski definition) is 6. The van der Waals surface area contributed by atoms with E-state index in [4.69, 9.17) is 0 Å². The molecule has 0 aliphatic carbocycles. The van der Waals surface area contributed by atoms with Crippen molar-refractivity contribution in [2.24, 2.45) is 0 Å². The summed E-state index contributed by atoms with van der Waals surface area (Å²) in [4.78, 5) is 27.6.